The third kappa shape index (κ3) is 4.06. The van der Waals surface area contributed by atoms with Crippen LogP contribution in [0.4, 0.5) is 5.69 Å². The number of rotatable bonds is 4. The van der Waals surface area contributed by atoms with Crippen LogP contribution in [0.3, 0.4) is 0 Å². The summed E-state index contributed by atoms with van der Waals surface area (Å²) in [5.74, 6) is -0.0914. The summed E-state index contributed by atoms with van der Waals surface area (Å²) >= 11 is 0. The number of hydrogen-bond acceptors (Lipinski definition) is 2. The second kappa shape index (κ2) is 7.49. The minimum Gasteiger partial charge on any atom is -0.346 e. The van der Waals surface area contributed by atoms with Crippen molar-refractivity contribution in [1.82, 2.24) is 5.32 Å². The SMILES string of the molecule is Cc1ccc(C)c(NC(=O)[C@H](c2ccccc2)[NH+]2CCNC(=O)C2)c1. The normalized spacial score (nSPS) is 18.3. The second-order valence-electron chi connectivity index (χ2n) is 6.59. The largest absolute Gasteiger partial charge is 0.346 e. The number of piperazine rings is 1. The first-order chi connectivity index (χ1) is 12.0. The van der Waals surface area contributed by atoms with Crippen LogP contribution in [0.2, 0.25) is 0 Å². The molecule has 0 aromatic heterocycles. The molecule has 0 aliphatic carbocycles. The Morgan fingerprint density at radius 1 is 1.16 bits per heavy atom. The minimum atomic E-state index is -0.410. The lowest BCUT2D eigenvalue weighted by atomic mass is 10.0. The molecule has 2 amide bonds. The van der Waals surface area contributed by atoms with Crippen molar-refractivity contribution in [3.63, 3.8) is 0 Å². The van der Waals surface area contributed by atoms with E-state index in [9.17, 15) is 9.59 Å². The van der Waals surface area contributed by atoms with Crippen molar-refractivity contribution in [2.45, 2.75) is 19.9 Å². The Hall–Kier alpha value is -2.66. The molecule has 3 rings (SSSR count). The van der Waals surface area contributed by atoms with Gasteiger partial charge in [-0.05, 0) is 31.0 Å². The van der Waals surface area contributed by atoms with Crippen molar-refractivity contribution in [2.75, 3.05) is 25.0 Å². The van der Waals surface area contributed by atoms with Crippen molar-refractivity contribution in [2.24, 2.45) is 0 Å². The zero-order chi connectivity index (χ0) is 17.8. The smallest absolute Gasteiger partial charge is 0.287 e. The highest BCUT2D eigenvalue weighted by Crippen LogP contribution is 2.19. The van der Waals surface area contributed by atoms with E-state index in [1.807, 2.05) is 62.4 Å². The lowest BCUT2D eigenvalue weighted by Gasteiger charge is -2.30. The molecule has 25 heavy (non-hydrogen) atoms. The fourth-order valence-electron chi connectivity index (χ4n) is 3.26. The van der Waals surface area contributed by atoms with E-state index in [1.54, 1.807) is 0 Å². The lowest BCUT2D eigenvalue weighted by molar-refractivity contribution is -0.915. The quantitative estimate of drug-likeness (QED) is 0.779. The summed E-state index contributed by atoms with van der Waals surface area (Å²) in [7, 11) is 0. The topological polar surface area (TPSA) is 62.6 Å². The summed E-state index contributed by atoms with van der Waals surface area (Å²) in [6.07, 6.45) is 0. The Balaban J connectivity index is 1.89. The van der Waals surface area contributed by atoms with Crippen molar-refractivity contribution >= 4 is 17.5 Å². The maximum atomic E-state index is 13.1. The third-order valence-corrected chi connectivity index (χ3v) is 4.61. The van der Waals surface area contributed by atoms with Gasteiger partial charge >= 0.3 is 0 Å². The molecule has 1 unspecified atom stereocenters. The first-order valence-electron chi connectivity index (χ1n) is 8.59. The Kier molecular flexibility index (Phi) is 5.14. The van der Waals surface area contributed by atoms with Gasteiger partial charge in [0.25, 0.3) is 11.8 Å². The Morgan fingerprint density at radius 2 is 1.92 bits per heavy atom. The van der Waals surface area contributed by atoms with Gasteiger partial charge in [0, 0.05) is 11.3 Å². The molecule has 3 N–H and O–H groups in total. The Labute approximate surface area is 148 Å². The number of quaternary nitrogens is 1. The summed E-state index contributed by atoms with van der Waals surface area (Å²) < 4.78 is 0. The number of carbonyl (C=O) groups is 2. The Morgan fingerprint density at radius 3 is 2.64 bits per heavy atom. The van der Waals surface area contributed by atoms with Crippen LogP contribution in [0.15, 0.2) is 48.5 Å². The van der Waals surface area contributed by atoms with E-state index in [-0.39, 0.29) is 11.8 Å². The maximum absolute atomic E-state index is 13.1. The van der Waals surface area contributed by atoms with E-state index >= 15 is 0 Å². The average molecular weight is 338 g/mol. The van der Waals surface area contributed by atoms with Gasteiger partial charge in [-0.3, -0.25) is 9.59 Å². The van der Waals surface area contributed by atoms with Crippen LogP contribution in [-0.2, 0) is 9.59 Å². The number of amides is 2. The van der Waals surface area contributed by atoms with Crippen LogP contribution in [0.25, 0.3) is 0 Å². The fraction of sp³-hybridized carbons (Fsp3) is 0.300. The zero-order valence-electron chi connectivity index (χ0n) is 14.6. The van der Waals surface area contributed by atoms with Crippen molar-refractivity contribution in [1.29, 1.82) is 0 Å². The minimum absolute atomic E-state index is 0.0123. The zero-order valence-corrected chi connectivity index (χ0v) is 14.6. The average Bonchev–Trinajstić information content (AvgIpc) is 2.59. The standard InChI is InChI=1S/C20H23N3O2/c1-14-8-9-15(2)17(12-14)22-20(25)19(16-6-4-3-5-7-16)23-11-10-21-18(24)13-23/h3-9,12,19H,10-11,13H2,1-2H3,(H,21,24)(H,22,25)/p+1/t19-/m0/s1. The maximum Gasteiger partial charge on any atom is 0.287 e. The number of aryl methyl sites for hydroxylation is 2. The van der Waals surface area contributed by atoms with Gasteiger partial charge in [-0.1, -0.05) is 42.5 Å². The molecule has 5 heteroatoms. The number of carbonyl (C=O) groups excluding carboxylic acids is 2. The molecule has 130 valence electrons. The van der Waals surface area contributed by atoms with Crippen LogP contribution in [0, 0.1) is 13.8 Å². The molecule has 2 atom stereocenters. The molecule has 5 nitrogen and oxygen atoms in total. The summed E-state index contributed by atoms with van der Waals surface area (Å²) in [5.41, 5.74) is 3.88. The Bertz CT molecular complexity index is 774. The fourth-order valence-corrected chi connectivity index (χ4v) is 3.26. The van der Waals surface area contributed by atoms with Gasteiger partial charge in [0.1, 0.15) is 0 Å². The van der Waals surface area contributed by atoms with Gasteiger partial charge in [-0.25, -0.2) is 0 Å². The highest BCUT2D eigenvalue weighted by atomic mass is 16.2. The van der Waals surface area contributed by atoms with E-state index < -0.39 is 6.04 Å². The van der Waals surface area contributed by atoms with Crippen LogP contribution < -0.4 is 15.5 Å². The van der Waals surface area contributed by atoms with Crippen LogP contribution >= 0.6 is 0 Å². The van der Waals surface area contributed by atoms with Gasteiger partial charge in [-0.2, -0.15) is 0 Å². The molecule has 2 aromatic rings. The van der Waals surface area contributed by atoms with Crippen LogP contribution in [0.1, 0.15) is 22.7 Å². The van der Waals surface area contributed by atoms with Crippen LogP contribution in [0.5, 0.6) is 0 Å². The van der Waals surface area contributed by atoms with E-state index in [2.05, 4.69) is 10.6 Å². The van der Waals surface area contributed by atoms with E-state index in [0.717, 1.165) is 33.8 Å². The van der Waals surface area contributed by atoms with Gasteiger partial charge in [0.05, 0.1) is 13.1 Å². The molecule has 0 spiro atoms. The van der Waals surface area contributed by atoms with Crippen molar-refractivity contribution < 1.29 is 14.5 Å². The highest BCUT2D eigenvalue weighted by molar-refractivity contribution is 5.95. The van der Waals surface area contributed by atoms with Gasteiger partial charge in [0.2, 0.25) is 0 Å². The monoisotopic (exact) mass is 338 g/mol. The van der Waals surface area contributed by atoms with E-state index in [4.69, 9.17) is 0 Å². The molecule has 1 aliphatic rings. The molecule has 1 heterocycles. The number of benzene rings is 2. The molecule has 0 bridgehead atoms. The first-order valence-corrected chi connectivity index (χ1v) is 8.59. The van der Waals surface area contributed by atoms with Gasteiger partial charge in [-0.15, -0.1) is 0 Å². The van der Waals surface area contributed by atoms with E-state index in [0.29, 0.717) is 13.1 Å². The van der Waals surface area contributed by atoms with Crippen molar-refractivity contribution in [3.8, 4) is 0 Å². The van der Waals surface area contributed by atoms with Crippen LogP contribution in [-0.4, -0.2) is 31.4 Å². The first kappa shape index (κ1) is 17.2. The molecule has 1 saturated heterocycles. The lowest BCUT2D eigenvalue weighted by Crippen LogP contribution is -3.16. The summed E-state index contributed by atoms with van der Waals surface area (Å²) in [4.78, 5) is 25.9. The van der Waals surface area contributed by atoms with E-state index in [1.165, 1.54) is 0 Å². The predicted molar refractivity (Wildman–Crippen MR) is 97.4 cm³/mol. The molecular formula is C20H24N3O2+. The molecule has 1 fully saturated rings. The summed E-state index contributed by atoms with van der Waals surface area (Å²) in [5, 5.41) is 5.90. The third-order valence-electron chi connectivity index (χ3n) is 4.61. The number of hydrogen-bond donors (Lipinski definition) is 3. The van der Waals surface area contributed by atoms with Gasteiger partial charge < -0.3 is 15.5 Å². The molecular weight excluding hydrogens is 314 g/mol. The number of nitrogens with one attached hydrogen (secondary N) is 3. The van der Waals surface area contributed by atoms with Gasteiger partial charge in [0.15, 0.2) is 12.6 Å². The van der Waals surface area contributed by atoms with Crippen molar-refractivity contribution in [3.05, 3.63) is 65.2 Å². The molecule has 2 aromatic carbocycles. The second-order valence-corrected chi connectivity index (χ2v) is 6.59. The molecule has 1 aliphatic heterocycles. The highest BCUT2D eigenvalue weighted by Gasteiger charge is 2.35. The molecule has 0 radical (unpaired) electrons. The number of anilines is 1. The summed E-state index contributed by atoms with van der Waals surface area (Å²) in [6, 6.07) is 15.3. The summed E-state index contributed by atoms with van der Waals surface area (Å²) in [6.45, 7) is 5.61. The molecule has 0 saturated carbocycles. The predicted octanol–water partition coefficient (Wildman–Crippen LogP) is 0.998.